The van der Waals surface area contributed by atoms with Gasteiger partial charge in [0.05, 0.1) is 13.7 Å². The van der Waals surface area contributed by atoms with Crippen molar-refractivity contribution in [1.82, 2.24) is 9.88 Å². The number of halogens is 1. The molecule has 1 heterocycles. The fraction of sp³-hybridized carbons (Fsp3) is 0.500. The van der Waals surface area contributed by atoms with Gasteiger partial charge in [-0.15, -0.1) is 0 Å². The highest BCUT2D eigenvalue weighted by Gasteiger charge is 2.19. The molecule has 1 rings (SSSR count). The molecule has 7 heteroatoms. The highest BCUT2D eigenvalue weighted by Crippen LogP contribution is 2.19. The molecule has 0 saturated carbocycles. The molecule has 0 bridgehead atoms. The lowest BCUT2D eigenvalue weighted by Crippen LogP contribution is -2.38. The molecule has 0 saturated heterocycles. The zero-order valence-electron chi connectivity index (χ0n) is 11.0. The number of ether oxygens (including phenoxy) is 1. The number of methoxy groups -OCH3 is 1. The Morgan fingerprint density at radius 2 is 2.16 bits per heavy atom. The van der Waals surface area contributed by atoms with Crippen LogP contribution in [-0.4, -0.2) is 41.3 Å². The van der Waals surface area contributed by atoms with Gasteiger partial charge in [0, 0.05) is 16.7 Å². The second-order valence-electron chi connectivity index (χ2n) is 4.29. The Balaban J connectivity index is 2.71. The number of amides is 1. The summed E-state index contributed by atoms with van der Waals surface area (Å²) in [6, 6.07) is 1.80. The third-order valence-electron chi connectivity index (χ3n) is 2.53. The number of carbonyl (C=O) groups is 2. The SMILES string of the molecule is COC(=O)C(O)CNC(=O)c1cc(Br)cn1C(C)C. The number of aromatic nitrogens is 1. The predicted molar refractivity (Wildman–Crippen MR) is 72.9 cm³/mol. The first kappa shape index (κ1) is 15.7. The van der Waals surface area contributed by atoms with Crippen LogP contribution in [0.1, 0.15) is 30.4 Å². The number of aliphatic hydroxyl groups excluding tert-OH is 1. The van der Waals surface area contributed by atoms with Crippen molar-refractivity contribution >= 4 is 27.8 Å². The number of hydrogen-bond donors (Lipinski definition) is 2. The number of nitrogens with one attached hydrogen (secondary N) is 1. The quantitative estimate of drug-likeness (QED) is 0.791. The second kappa shape index (κ2) is 6.72. The molecule has 1 amide bonds. The van der Waals surface area contributed by atoms with E-state index in [-0.39, 0.29) is 18.5 Å². The summed E-state index contributed by atoms with van der Waals surface area (Å²) >= 11 is 3.31. The molecule has 0 radical (unpaired) electrons. The minimum atomic E-state index is -1.36. The standard InChI is InChI=1S/C12H17BrN2O4/c1-7(2)15-6-8(13)4-9(15)11(17)14-5-10(16)12(18)19-3/h4,6-7,10,16H,5H2,1-3H3,(H,14,17). The van der Waals surface area contributed by atoms with Gasteiger partial charge >= 0.3 is 5.97 Å². The number of carbonyl (C=O) groups excluding carboxylic acids is 2. The average molecular weight is 333 g/mol. The molecular formula is C12H17BrN2O4. The molecule has 1 unspecified atom stereocenters. The first-order valence-corrected chi connectivity index (χ1v) is 6.57. The normalized spacial score (nSPS) is 12.3. The summed E-state index contributed by atoms with van der Waals surface area (Å²) in [7, 11) is 1.18. The van der Waals surface area contributed by atoms with Crippen molar-refractivity contribution in [3.05, 3.63) is 22.4 Å². The summed E-state index contributed by atoms with van der Waals surface area (Å²) in [6.07, 6.45) is 0.441. The maximum atomic E-state index is 12.0. The van der Waals surface area contributed by atoms with Crippen LogP contribution in [0, 0.1) is 0 Å². The predicted octanol–water partition coefficient (Wildman–Crippen LogP) is 1.10. The summed E-state index contributed by atoms with van der Waals surface area (Å²) in [6.45, 7) is 3.71. The monoisotopic (exact) mass is 332 g/mol. The minimum Gasteiger partial charge on any atom is -0.467 e. The Kier molecular flexibility index (Phi) is 5.56. The lowest BCUT2D eigenvalue weighted by molar-refractivity contribution is -0.149. The lowest BCUT2D eigenvalue weighted by atomic mass is 10.3. The van der Waals surface area contributed by atoms with Crippen LogP contribution in [0.4, 0.5) is 0 Å². The summed E-state index contributed by atoms with van der Waals surface area (Å²) < 4.78 is 6.95. The van der Waals surface area contributed by atoms with Gasteiger partial charge in [-0.25, -0.2) is 4.79 Å². The van der Waals surface area contributed by atoms with Gasteiger partial charge in [0.1, 0.15) is 5.69 Å². The van der Waals surface area contributed by atoms with E-state index < -0.39 is 12.1 Å². The van der Waals surface area contributed by atoms with Crippen molar-refractivity contribution in [2.75, 3.05) is 13.7 Å². The van der Waals surface area contributed by atoms with Gasteiger partial charge < -0.3 is 19.7 Å². The fourth-order valence-electron chi connectivity index (χ4n) is 1.55. The van der Waals surface area contributed by atoms with E-state index in [4.69, 9.17) is 0 Å². The Labute approximate surface area is 119 Å². The van der Waals surface area contributed by atoms with Gasteiger partial charge in [0.2, 0.25) is 0 Å². The Hall–Kier alpha value is -1.34. The summed E-state index contributed by atoms with van der Waals surface area (Å²) in [5.74, 6) is -1.14. The van der Waals surface area contributed by atoms with Crippen LogP contribution >= 0.6 is 15.9 Å². The number of rotatable bonds is 5. The van der Waals surface area contributed by atoms with E-state index in [1.807, 2.05) is 13.8 Å². The molecule has 1 atom stereocenters. The van der Waals surface area contributed by atoms with E-state index in [9.17, 15) is 14.7 Å². The second-order valence-corrected chi connectivity index (χ2v) is 5.21. The van der Waals surface area contributed by atoms with E-state index in [0.717, 1.165) is 4.47 Å². The Morgan fingerprint density at radius 1 is 1.53 bits per heavy atom. The van der Waals surface area contributed by atoms with Gasteiger partial charge in [-0.05, 0) is 35.8 Å². The zero-order valence-corrected chi connectivity index (χ0v) is 12.6. The van der Waals surface area contributed by atoms with Crippen LogP contribution in [0.2, 0.25) is 0 Å². The van der Waals surface area contributed by atoms with Crippen LogP contribution < -0.4 is 5.32 Å². The van der Waals surface area contributed by atoms with Crippen LogP contribution in [0.15, 0.2) is 16.7 Å². The van der Waals surface area contributed by atoms with Gasteiger partial charge in [-0.3, -0.25) is 4.79 Å². The van der Waals surface area contributed by atoms with E-state index in [2.05, 4.69) is 26.0 Å². The molecule has 6 nitrogen and oxygen atoms in total. The molecule has 1 aromatic heterocycles. The third-order valence-corrected chi connectivity index (χ3v) is 2.97. The molecule has 1 aromatic rings. The van der Waals surface area contributed by atoms with E-state index in [1.165, 1.54) is 7.11 Å². The van der Waals surface area contributed by atoms with Gasteiger partial charge in [0.25, 0.3) is 5.91 Å². The van der Waals surface area contributed by atoms with E-state index in [1.54, 1.807) is 16.8 Å². The number of esters is 1. The third kappa shape index (κ3) is 4.07. The van der Waals surface area contributed by atoms with Crippen molar-refractivity contribution in [3.63, 3.8) is 0 Å². The molecule has 0 spiro atoms. The smallest absolute Gasteiger partial charge is 0.336 e. The van der Waals surface area contributed by atoms with Crippen molar-refractivity contribution in [2.45, 2.75) is 26.0 Å². The molecule has 2 N–H and O–H groups in total. The first-order valence-electron chi connectivity index (χ1n) is 5.78. The van der Waals surface area contributed by atoms with Crippen LogP contribution in [0.5, 0.6) is 0 Å². The van der Waals surface area contributed by atoms with Crippen LogP contribution in [-0.2, 0) is 9.53 Å². The maximum Gasteiger partial charge on any atom is 0.336 e. The summed E-state index contributed by atoms with van der Waals surface area (Å²) in [5, 5.41) is 11.9. The molecule has 0 aromatic carbocycles. The molecule has 0 aliphatic heterocycles. The van der Waals surface area contributed by atoms with Crippen LogP contribution in [0.3, 0.4) is 0 Å². The van der Waals surface area contributed by atoms with Crippen molar-refractivity contribution in [3.8, 4) is 0 Å². The first-order chi connectivity index (χ1) is 8.86. The van der Waals surface area contributed by atoms with E-state index >= 15 is 0 Å². The van der Waals surface area contributed by atoms with Gasteiger partial charge in [-0.2, -0.15) is 0 Å². The molecular weight excluding hydrogens is 316 g/mol. The number of aliphatic hydroxyl groups is 1. The van der Waals surface area contributed by atoms with Gasteiger partial charge in [0.15, 0.2) is 6.10 Å². The maximum absolute atomic E-state index is 12.0. The molecule has 19 heavy (non-hydrogen) atoms. The molecule has 0 fully saturated rings. The Bertz CT molecular complexity index is 470. The molecule has 0 aliphatic carbocycles. The minimum absolute atomic E-state index is 0.123. The zero-order chi connectivity index (χ0) is 14.6. The lowest BCUT2D eigenvalue weighted by Gasteiger charge is -2.14. The average Bonchev–Trinajstić information content (AvgIpc) is 2.76. The summed E-state index contributed by atoms with van der Waals surface area (Å²) in [4.78, 5) is 23.0. The van der Waals surface area contributed by atoms with E-state index in [0.29, 0.717) is 5.69 Å². The highest BCUT2D eigenvalue weighted by atomic mass is 79.9. The molecule has 106 valence electrons. The molecule has 0 aliphatic rings. The van der Waals surface area contributed by atoms with Crippen molar-refractivity contribution in [1.29, 1.82) is 0 Å². The number of nitrogens with zero attached hydrogens (tertiary/aromatic N) is 1. The topological polar surface area (TPSA) is 80.6 Å². The highest BCUT2D eigenvalue weighted by molar-refractivity contribution is 9.10. The van der Waals surface area contributed by atoms with Crippen LogP contribution in [0.25, 0.3) is 0 Å². The summed E-state index contributed by atoms with van der Waals surface area (Å²) in [5.41, 5.74) is 0.457. The van der Waals surface area contributed by atoms with Gasteiger partial charge in [-0.1, -0.05) is 0 Å². The fourth-order valence-corrected chi connectivity index (χ4v) is 1.99. The number of hydrogen-bond acceptors (Lipinski definition) is 4. The van der Waals surface area contributed by atoms with Crippen molar-refractivity contribution < 1.29 is 19.4 Å². The largest absolute Gasteiger partial charge is 0.467 e. The van der Waals surface area contributed by atoms with Crippen molar-refractivity contribution in [2.24, 2.45) is 0 Å². The Morgan fingerprint density at radius 3 is 2.68 bits per heavy atom.